The van der Waals surface area contributed by atoms with E-state index in [0.29, 0.717) is 19.3 Å². The first kappa shape index (κ1) is 72.6. The first-order valence-electron chi connectivity index (χ1n) is 33.5. The third-order valence-corrected chi connectivity index (χ3v) is 15.1. The van der Waals surface area contributed by atoms with E-state index in [9.17, 15) is 14.4 Å². The van der Waals surface area contributed by atoms with Gasteiger partial charge in [0.05, 0.1) is 0 Å². The first-order chi connectivity index (χ1) is 37.0. The second kappa shape index (κ2) is 64.2. The predicted molar refractivity (Wildman–Crippen MR) is 326 cm³/mol. The minimum Gasteiger partial charge on any atom is -0.462 e. The smallest absolute Gasteiger partial charge is 0.306 e. The molecule has 0 fully saturated rings. The fourth-order valence-corrected chi connectivity index (χ4v) is 10.1. The molecular weight excluding hydrogens is 925 g/mol. The van der Waals surface area contributed by atoms with Gasteiger partial charge >= 0.3 is 17.9 Å². The minimum absolute atomic E-state index is 0.0652. The maximum Gasteiger partial charge on any atom is 0.306 e. The number of hydrogen-bond donors (Lipinski definition) is 0. The van der Waals surface area contributed by atoms with E-state index >= 15 is 0 Å². The SMILES string of the molecule is CCCCCCC/C=C\C/C=C\C/C=C\CCCCCCCCCCCCCCCCCCCCC(=O)OCC(COC(=O)CCCCCCCCCCC)OC(=O)CCCCCCCCCCCCCCCCC. The Labute approximate surface area is 467 Å². The normalized spacial score (nSPS) is 12.2. The monoisotopic (exact) mass is 1050 g/mol. The van der Waals surface area contributed by atoms with Crippen molar-refractivity contribution in [3.8, 4) is 0 Å². The van der Waals surface area contributed by atoms with Gasteiger partial charge in [0.15, 0.2) is 6.10 Å². The molecule has 0 aliphatic rings. The lowest BCUT2D eigenvalue weighted by molar-refractivity contribution is -0.167. The van der Waals surface area contributed by atoms with Crippen LogP contribution in [-0.4, -0.2) is 37.2 Å². The largest absolute Gasteiger partial charge is 0.462 e. The summed E-state index contributed by atoms with van der Waals surface area (Å²) in [4.78, 5) is 38.1. The van der Waals surface area contributed by atoms with E-state index in [1.165, 1.54) is 257 Å². The molecule has 0 radical (unpaired) electrons. The summed E-state index contributed by atoms with van der Waals surface area (Å²) in [7, 11) is 0. The van der Waals surface area contributed by atoms with Crippen LogP contribution in [0.5, 0.6) is 0 Å². The molecule has 0 saturated heterocycles. The molecule has 0 aromatic carbocycles. The Kier molecular flexibility index (Phi) is 62.1. The summed E-state index contributed by atoms with van der Waals surface area (Å²) in [6, 6.07) is 0. The molecule has 0 aliphatic heterocycles. The lowest BCUT2D eigenvalue weighted by Crippen LogP contribution is -2.30. The summed E-state index contributed by atoms with van der Waals surface area (Å²) >= 11 is 0. The van der Waals surface area contributed by atoms with Gasteiger partial charge < -0.3 is 14.2 Å². The summed E-state index contributed by atoms with van der Waals surface area (Å²) in [6.45, 7) is 6.66. The van der Waals surface area contributed by atoms with Crippen molar-refractivity contribution in [3.63, 3.8) is 0 Å². The van der Waals surface area contributed by atoms with Crippen LogP contribution < -0.4 is 0 Å². The summed E-state index contributed by atoms with van der Waals surface area (Å²) in [5.74, 6) is -0.843. The maximum atomic E-state index is 12.9. The number of allylic oxidation sites excluding steroid dienone is 6. The van der Waals surface area contributed by atoms with E-state index in [1.54, 1.807) is 0 Å². The number of ether oxygens (including phenoxy) is 3. The molecule has 6 heteroatoms. The average Bonchev–Trinajstić information content (AvgIpc) is 3.41. The highest BCUT2D eigenvalue weighted by atomic mass is 16.6. The average molecular weight is 1050 g/mol. The zero-order chi connectivity index (χ0) is 54.3. The van der Waals surface area contributed by atoms with Crippen LogP contribution in [0.2, 0.25) is 0 Å². The molecule has 0 bridgehead atoms. The second-order valence-corrected chi connectivity index (χ2v) is 22.7. The Balaban J connectivity index is 4.01. The zero-order valence-electron chi connectivity index (χ0n) is 50.6. The van der Waals surface area contributed by atoms with Crippen LogP contribution in [0.1, 0.15) is 367 Å². The summed E-state index contributed by atoms with van der Waals surface area (Å²) < 4.78 is 16.9. The van der Waals surface area contributed by atoms with Gasteiger partial charge in [-0.2, -0.15) is 0 Å². The molecule has 0 aromatic rings. The molecule has 0 aromatic heterocycles. The van der Waals surface area contributed by atoms with E-state index in [4.69, 9.17) is 14.2 Å². The molecule has 0 saturated carbocycles. The molecule has 0 rings (SSSR count). The topological polar surface area (TPSA) is 78.9 Å². The van der Waals surface area contributed by atoms with Gasteiger partial charge in [0.1, 0.15) is 13.2 Å². The van der Waals surface area contributed by atoms with Crippen LogP contribution in [0.3, 0.4) is 0 Å². The van der Waals surface area contributed by atoms with Gasteiger partial charge in [0.2, 0.25) is 0 Å². The number of carbonyl (C=O) groups excluding carboxylic acids is 3. The van der Waals surface area contributed by atoms with Gasteiger partial charge in [-0.1, -0.05) is 327 Å². The number of unbranched alkanes of at least 4 members (excludes halogenated alkanes) is 45. The molecule has 1 atom stereocenters. The van der Waals surface area contributed by atoms with Gasteiger partial charge in [0, 0.05) is 19.3 Å². The van der Waals surface area contributed by atoms with Gasteiger partial charge in [0.25, 0.3) is 0 Å². The Morgan fingerprint density at radius 3 is 0.747 bits per heavy atom. The number of hydrogen-bond acceptors (Lipinski definition) is 6. The van der Waals surface area contributed by atoms with E-state index in [1.807, 2.05) is 0 Å². The van der Waals surface area contributed by atoms with Gasteiger partial charge in [-0.05, 0) is 57.8 Å². The van der Waals surface area contributed by atoms with Gasteiger partial charge in [-0.3, -0.25) is 14.4 Å². The lowest BCUT2D eigenvalue weighted by Gasteiger charge is -2.18. The fourth-order valence-electron chi connectivity index (χ4n) is 10.1. The molecule has 0 spiro atoms. The molecule has 0 aliphatic carbocycles. The molecular formula is C69H128O6. The van der Waals surface area contributed by atoms with E-state index < -0.39 is 6.10 Å². The third-order valence-electron chi connectivity index (χ3n) is 15.1. The summed E-state index contributed by atoms with van der Waals surface area (Å²) in [5, 5.41) is 0. The molecule has 75 heavy (non-hydrogen) atoms. The van der Waals surface area contributed by atoms with Crippen LogP contribution in [0.25, 0.3) is 0 Å². The van der Waals surface area contributed by atoms with Crippen molar-refractivity contribution < 1.29 is 28.6 Å². The molecule has 0 amide bonds. The summed E-state index contributed by atoms with van der Waals surface area (Å²) in [5.41, 5.74) is 0. The zero-order valence-corrected chi connectivity index (χ0v) is 50.6. The minimum atomic E-state index is -0.765. The van der Waals surface area contributed by atoms with E-state index in [0.717, 1.165) is 70.6 Å². The van der Waals surface area contributed by atoms with Crippen molar-refractivity contribution in [1.82, 2.24) is 0 Å². The molecule has 6 nitrogen and oxygen atoms in total. The van der Waals surface area contributed by atoms with Gasteiger partial charge in [-0.15, -0.1) is 0 Å². The summed E-state index contributed by atoms with van der Waals surface area (Å²) in [6.07, 6.45) is 79.0. The van der Waals surface area contributed by atoms with Crippen molar-refractivity contribution in [2.24, 2.45) is 0 Å². The van der Waals surface area contributed by atoms with E-state index in [-0.39, 0.29) is 31.1 Å². The number of carbonyl (C=O) groups is 3. The van der Waals surface area contributed by atoms with Crippen molar-refractivity contribution in [2.45, 2.75) is 374 Å². The van der Waals surface area contributed by atoms with E-state index in [2.05, 4.69) is 57.2 Å². The first-order valence-corrected chi connectivity index (χ1v) is 33.5. The Bertz CT molecular complexity index is 1250. The Morgan fingerprint density at radius 2 is 0.480 bits per heavy atom. The van der Waals surface area contributed by atoms with Crippen LogP contribution in [-0.2, 0) is 28.6 Å². The van der Waals surface area contributed by atoms with Crippen LogP contribution in [0, 0.1) is 0 Å². The molecule has 440 valence electrons. The highest BCUT2D eigenvalue weighted by Gasteiger charge is 2.19. The molecule has 0 heterocycles. The molecule has 0 N–H and O–H groups in total. The highest BCUT2D eigenvalue weighted by molar-refractivity contribution is 5.71. The standard InChI is InChI=1S/C69H128O6/c1-4-7-10-13-16-19-21-23-25-26-27-28-29-30-31-32-33-34-35-36-37-38-39-40-41-42-44-45-47-50-53-56-59-62-68(71)74-65-66(64-73-67(70)61-58-55-52-49-18-15-12-9-6-3)75-69(72)63-60-57-54-51-48-46-43-24-22-20-17-14-11-8-5-2/h21,23,26-27,29-30,66H,4-20,22,24-25,28,31-65H2,1-3H3/b23-21-,27-26-,30-29-. The van der Waals surface area contributed by atoms with Crippen LogP contribution in [0.4, 0.5) is 0 Å². The van der Waals surface area contributed by atoms with Crippen LogP contribution in [0.15, 0.2) is 36.5 Å². The van der Waals surface area contributed by atoms with Gasteiger partial charge in [-0.25, -0.2) is 0 Å². The predicted octanol–water partition coefficient (Wildman–Crippen LogP) is 22.8. The third kappa shape index (κ3) is 62.4. The van der Waals surface area contributed by atoms with Crippen molar-refractivity contribution >= 4 is 17.9 Å². The van der Waals surface area contributed by atoms with Crippen molar-refractivity contribution in [1.29, 1.82) is 0 Å². The Morgan fingerprint density at radius 1 is 0.267 bits per heavy atom. The lowest BCUT2D eigenvalue weighted by atomic mass is 10.0. The van der Waals surface area contributed by atoms with Crippen molar-refractivity contribution in [2.75, 3.05) is 13.2 Å². The van der Waals surface area contributed by atoms with Crippen molar-refractivity contribution in [3.05, 3.63) is 36.5 Å². The highest BCUT2D eigenvalue weighted by Crippen LogP contribution is 2.18. The quantitative estimate of drug-likeness (QED) is 0.0261. The second-order valence-electron chi connectivity index (χ2n) is 22.7. The number of esters is 3. The molecule has 1 unspecified atom stereocenters. The maximum absolute atomic E-state index is 12.9. The number of rotatable bonds is 62. The Hall–Kier alpha value is -2.37. The fraction of sp³-hybridized carbons (Fsp3) is 0.870. The van der Waals surface area contributed by atoms with Crippen LogP contribution >= 0.6 is 0 Å².